The molecule has 3 aromatic rings. The summed E-state index contributed by atoms with van der Waals surface area (Å²) in [6, 6.07) is 7.75. The number of imidazole rings is 1. The molecule has 1 heterocycles. The van der Waals surface area contributed by atoms with E-state index in [4.69, 9.17) is 5.11 Å². The number of carboxylic acids is 1. The van der Waals surface area contributed by atoms with Gasteiger partial charge in [-0.2, -0.15) is 13.2 Å². The number of halogens is 3. The molecule has 0 radical (unpaired) electrons. The third kappa shape index (κ3) is 4.38. The second-order valence-electron chi connectivity index (χ2n) is 6.07. The number of hydrogen-bond acceptors (Lipinski definition) is 5. The second kappa shape index (κ2) is 7.56. The Morgan fingerprint density at radius 1 is 1.14 bits per heavy atom. The summed E-state index contributed by atoms with van der Waals surface area (Å²) in [4.78, 5) is 25.3. The zero-order valence-corrected chi connectivity index (χ0v) is 14.5. The number of H-pyrrole nitrogens is 1. The summed E-state index contributed by atoms with van der Waals surface area (Å²) in [5.74, 6) is -4.12. The quantitative estimate of drug-likeness (QED) is 0.209. The van der Waals surface area contributed by atoms with Gasteiger partial charge in [-0.05, 0) is 23.7 Å². The Balaban J connectivity index is 2.02. The van der Waals surface area contributed by atoms with Crippen LogP contribution in [0, 0.1) is 0 Å². The van der Waals surface area contributed by atoms with E-state index >= 15 is 0 Å². The highest BCUT2D eigenvalue weighted by atomic mass is 19.4. The van der Waals surface area contributed by atoms with Gasteiger partial charge in [0, 0.05) is 11.6 Å². The van der Waals surface area contributed by atoms with Crippen LogP contribution in [-0.4, -0.2) is 45.4 Å². The van der Waals surface area contributed by atoms with Crippen molar-refractivity contribution < 1.29 is 47.2 Å². The fraction of sp³-hybridized carbons (Fsp3) is 0.118. The number of aromatic nitrogens is 2. The fourth-order valence-electron chi connectivity index (χ4n) is 2.67. The Hall–Kier alpha value is -3.38. The number of hydrogen-bond donors (Lipinski definition) is 4. The maximum Gasteiger partial charge on any atom is 0.491 e. The predicted octanol–water partition coefficient (Wildman–Crippen LogP) is 0.349. The van der Waals surface area contributed by atoms with Crippen LogP contribution < -0.4 is 14.8 Å². The van der Waals surface area contributed by atoms with Gasteiger partial charge in [0.2, 0.25) is 6.33 Å². The highest BCUT2D eigenvalue weighted by molar-refractivity contribution is 6.58. The monoisotopic (exact) mass is 409 g/mol. The van der Waals surface area contributed by atoms with Crippen molar-refractivity contribution >= 4 is 35.6 Å². The lowest BCUT2D eigenvalue weighted by molar-refractivity contribution is -0.662. The minimum atomic E-state index is -5.24. The van der Waals surface area contributed by atoms with Crippen molar-refractivity contribution in [1.82, 2.24) is 4.98 Å². The molecule has 1 aromatic heterocycles. The molecule has 0 atom stereocenters. The Kier molecular flexibility index (Phi) is 5.31. The lowest BCUT2D eigenvalue weighted by Gasteiger charge is -2.12. The number of nitrogens with one attached hydrogen (secondary N) is 1. The molecule has 0 bridgehead atoms. The molecular weight excluding hydrogens is 396 g/mol. The number of carboxylic acid groups (broad SMARTS) is 1. The van der Waals surface area contributed by atoms with Crippen LogP contribution in [0.15, 0.2) is 42.7 Å². The summed E-state index contributed by atoms with van der Waals surface area (Å²) in [5.41, 5.74) is 0.985. The first-order chi connectivity index (χ1) is 13.6. The second-order valence-corrected chi connectivity index (χ2v) is 6.07. The van der Waals surface area contributed by atoms with Crippen LogP contribution in [0.3, 0.4) is 0 Å². The van der Waals surface area contributed by atoms with E-state index in [1.807, 2.05) is 0 Å². The largest absolute Gasteiger partial charge is 0.491 e. The number of nitrogens with zero attached hydrogens (tertiary/aromatic N) is 1. The zero-order chi connectivity index (χ0) is 21.3. The van der Waals surface area contributed by atoms with E-state index in [0.29, 0.717) is 11.0 Å². The molecule has 150 valence electrons. The van der Waals surface area contributed by atoms with Gasteiger partial charge in [0.1, 0.15) is 12.3 Å². The molecule has 3 rings (SSSR count). The van der Waals surface area contributed by atoms with Crippen molar-refractivity contribution in [2.45, 2.75) is 12.7 Å². The third-order valence-electron chi connectivity index (χ3n) is 4.09. The summed E-state index contributed by atoms with van der Waals surface area (Å²) < 4.78 is 43.7. The molecule has 4 N–H and O–H groups in total. The Labute approximate surface area is 160 Å². The standard InChI is InChI=1S/C17H12BF3N2O6/c19-17(20,21)16(26)29-14-6-11(18(27)28)3-1-10(14)7-23-8-22-12-4-2-9(15(24)25)5-13(12)23/h1-6,8,27-28H,7H2,(H,24,25)/p+1. The summed E-state index contributed by atoms with van der Waals surface area (Å²) in [5, 5.41) is 27.6. The number of benzene rings is 2. The molecule has 0 unspecified atom stereocenters. The van der Waals surface area contributed by atoms with E-state index in [1.165, 1.54) is 41.2 Å². The first kappa shape index (κ1) is 20.4. The van der Waals surface area contributed by atoms with Crippen LogP contribution in [0.4, 0.5) is 13.2 Å². The van der Waals surface area contributed by atoms with Gasteiger partial charge in [0.15, 0.2) is 11.0 Å². The van der Waals surface area contributed by atoms with E-state index in [0.717, 1.165) is 6.07 Å². The molecule has 0 aliphatic heterocycles. The maximum atomic E-state index is 12.6. The van der Waals surface area contributed by atoms with Crippen molar-refractivity contribution in [2.24, 2.45) is 0 Å². The van der Waals surface area contributed by atoms with Gasteiger partial charge in [-0.15, -0.1) is 0 Å². The van der Waals surface area contributed by atoms with Crippen LogP contribution in [0.2, 0.25) is 0 Å². The number of carbonyl (C=O) groups is 2. The molecule has 0 amide bonds. The van der Waals surface area contributed by atoms with E-state index < -0.39 is 31.0 Å². The fourth-order valence-corrected chi connectivity index (χ4v) is 2.67. The smallest absolute Gasteiger partial charge is 0.478 e. The highest BCUT2D eigenvalue weighted by Gasteiger charge is 2.41. The lowest BCUT2D eigenvalue weighted by Crippen LogP contribution is -2.35. The number of ether oxygens (including phenoxy) is 1. The summed E-state index contributed by atoms with van der Waals surface area (Å²) in [7, 11) is -1.98. The number of aromatic amines is 1. The molecule has 8 nitrogen and oxygen atoms in total. The molecule has 0 aliphatic carbocycles. The number of fused-ring (bicyclic) bond motifs is 1. The number of alkyl halides is 3. The average molecular weight is 409 g/mol. The van der Waals surface area contributed by atoms with Crippen molar-refractivity contribution in [3.63, 3.8) is 0 Å². The normalized spacial score (nSPS) is 11.5. The van der Waals surface area contributed by atoms with Gasteiger partial charge in [0.25, 0.3) is 0 Å². The van der Waals surface area contributed by atoms with E-state index in [-0.39, 0.29) is 23.1 Å². The van der Waals surface area contributed by atoms with E-state index in [2.05, 4.69) is 9.72 Å². The first-order valence-corrected chi connectivity index (χ1v) is 8.08. The summed E-state index contributed by atoms with van der Waals surface area (Å²) in [6.45, 7) is -0.0919. The maximum absolute atomic E-state index is 12.6. The minimum Gasteiger partial charge on any atom is -0.478 e. The van der Waals surface area contributed by atoms with Crippen molar-refractivity contribution in [3.05, 3.63) is 53.9 Å². The predicted molar refractivity (Wildman–Crippen MR) is 92.5 cm³/mol. The van der Waals surface area contributed by atoms with Gasteiger partial charge < -0.3 is 19.9 Å². The third-order valence-corrected chi connectivity index (χ3v) is 4.09. The first-order valence-electron chi connectivity index (χ1n) is 8.08. The number of carbonyl (C=O) groups excluding carboxylic acids is 1. The molecule has 12 heteroatoms. The lowest BCUT2D eigenvalue weighted by atomic mass is 9.80. The van der Waals surface area contributed by atoms with Gasteiger partial charge in [-0.25, -0.2) is 19.1 Å². The van der Waals surface area contributed by atoms with Gasteiger partial charge >= 0.3 is 25.2 Å². The van der Waals surface area contributed by atoms with Crippen molar-refractivity contribution in [3.8, 4) is 5.75 Å². The number of esters is 1. The van der Waals surface area contributed by atoms with Crippen LogP contribution >= 0.6 is 0 Å². The van der Waals surface area contributed by atoms with Crippen molar-refractivity contribution in [1.29, 1.82) is 0 Å². The molecule has 0 spiro atoms. The minimum absolute atomic E-state index is 0.00771. The average Bonchev–Trinajstić information content (AvgIpc) is 3.04. The highest BCUT2D eigenvalue weighted by Crippen LogP contribution is 2.23. The molecule has 2 aromatic carbocycles. The summed E-state index contributed by atoms with van der Waals surface area (Å²) >= 11 is 0. The molecule has 0 fully saturated rings. The molecule has 29 heavy (non-hydrogen) atoms. The summed E-state index contributed by atoms with van der Waals surface area (Å²) in [6.07, 6.45) is -3.77. The van der Waals surface area contributed by atoms with E-state index in [9.17, 15) is 32.8 Å². The Morgan fingerprint density at radius 3 is 2.48 bits per heavy atom. The zero-order valence-electron chi connectivity index (χ0n) is 14.5. The Morgan fingerprint density at radius 2 is 1.86 bits per heavy atom. The van der Waals surface area contributed by atoms with Crippen LogP contribution in [-0.2, 0) is 11.3 Å². The number of rotatable bonds is 5. The van der Waals surface area contributed by atoms with Crippen LogP contribution in [0.1, 0.15) is 15.9 Å². The van der Waals surface area contributed by atoms with Crippen LogP contribution in [0.25, 0.3) is 11.0 Å². The molecule has 0 saturated heterocycles. The van der Waals surface area contributed by atoms with Gasteiger partial charge in [0.05, 0.1) is 5.56 Å². The molecule has 0 aliphatic rings. The van der Waals surface area contributed by atoms with Crippen molar-refractivity contribution in [2.75, 3.05) is 0 Å². The topological polar surface area (TPSA) is 124 Å². The van der Waals surface area contributed by atoms with Crippen LogP contribution in [0.5, 0.6) is 5.75 Å². The molecule has 0 saturated carbocycles. The van der Waals surface area contributed by atoms with E-state index in [1.54, 1.807) is 0 Å². The molecular formula is C17H13BF3N2O6+. The SMILES string of the molecule is O=C(O)c1ccc2[nH]c[n+](Cc3ccc(B(O)O)cc3OC(=O)C(F)(F)F)c2c1. The van der Waals surface area contributed by atoms with Gasteiger partial charge in [-0.1, -0.05) is 12.1 Å². The Bertz CT molecular complexity index is 1100. The number of aromatic carboxylic acids is 1. The van der Waals surface area contributed by atoms with Gasteiger partial charge in [-0.3, -0.25) is 0 Å².